The second kappa shape index (κ2) is 9.74. The van der Waals surface area contributed by atoms with Crippen molar-refractivity contribution in [3.8, 4) is 0 Å². The summed E-state index contributed by atoms with van der Waals surface area (Å²) in [6.45, 7) is 6.18. The minimum absolute atomic E-state index is 0. The maximum absolute atomic E-state index is 11.9. The van der Waals surface area contributed by atoms with Gasteiger partial charge in [0.2, 0.25) is 0 Å². The molecule has 0 aliphatic carbocycles. The van der Waals surface area contributed by atoms with Gasteiger partial charge in [-0.2, -0.15) is 0 Å². The Hall–Kier alpha value is -1.32. The SMILES string of the molecule is CCOC(=O)[C@@H]1CCCN(C(=NC)NCc2cc(C)no2)C1.I. The number of aliphatic imine (C=N–C) groups is 1. The molecule has 0 spiro atoms. The first kappa shape index (κ1) is 19.7. The van der Waals surface area contributed by atoms with Gasteiger partial charge in [0.05, 0.1) is 24.8 Å². The van der Waals surface area contributed by atoms with Crippen LogP contribution in [-0.4, -0.2) is 48.7 Å². The first-order chi connectivity index (χ1) is 10.6. The maximum Gasteiger partial charge on any atom is 0.310 e. The van der Waals surface area contributed by atoms with Crippen LogP contribution in [0.1, 0.15) is 31.2 Å². The summed E-state index contributed by atoms with van der Waals surface area (Å²) < 4.78 is 10.3. The van der Waals surface area contributed by atoms with E-state index in [4.69, 9.17) is 9.26 Å². The van der Waals surface area contributed by atoms with Gasteiger partial charge in [0.15, 0.2) is 11.7 Å². The molecule has 0 saturated carbocycles. The Balaban J connectivity index is 0.00000264. The molecule has 0 bridgehead atoms. The van der Waals surface area contributed by atoms with Crippen LogP contribution in [0.5, 0.6) is 0 Å². The lowest BCUT2D eigenvalue weighted by Crippen LogP contribution is -2.48. The van der Waals surface area contributed by atoms with Crippen LogP contribution in [0.15, 0.2) is 15.6 Å². The number of nitrogens with zero attached hydrogens (tertiary/aromatic N) is 3. The van der Waals surface area contributed by atoms with Crippen molar-refractivity contribution in [2.45, 2.75) is 33.2 Å². The monoisotopic (exact) mass is 436 g/mol. The zero-order valence-corrected chi connectivity index (χ0v) is 16.2. The molecular weight excluding hydrogens is 411 g/mol. The van der Waals surface area contributed by atoms with Gasteiger partial charge in [0.1, 0.15) is 0 Å². The van der Waals surface area contributed by atoms with Gasteiger partial charge in [-0.25, -0.2) is 0 Å². The number of hydrogen-bond acceptors (Lipinski definition) is 5. The summed E-state index contributed by atoms with van der Waals surface area (Å²) in [5.41, 5.74) is 0.854. The summed E-state index contributed by atoms with van der Waals surface area (Å²) in [4.78, 5) is 18.3. The molecule has 0 unspecified atom stereocenters. The van der Waals surface area contributed by atoms with E-state index in [-0.39, 0.29) is 35.9 Å². The van der Waals surface area contributed by atoms with Crippen molar-refractivity contribution in [3.63, 3.8) is 0 Å². The third kappa shape index (κ3) is 5.67. The molecule has 1 N–H and O–H groups in total. The Bertz CT molecular complexity index is 533. The van der Waals surface area contributed by atoms with E-state index >= 15 is 0 Å². The van der Waals surface area contributed by atoms with Crippen molar-refractivity contribution < 1.29 is 14.1 Å². The molecule has 0 amide bonds. The Kier molecular flexibility index (Phi) is 8.35. The number of hydrogen-bond donors (Lipinski definition) is 1. The topological polar surface area (TPSA) is 80.0 Å². The molecule has 1 atom stereocenters. The highest BCUT2D eigenvalue weighted by Crippen LogP contribution is 2.18. The van der Waals surface area contributed by atoms with Crippen molar-refractivity contribution in [1.82, 2.24) is 15.4 Å². The van der Waals surface area contributed by atoms with Crippen molar-refractivity contribution in [1.29, 1.82) is 0 Å². The van der Waals surface area contributed by atoms with Crippen molar-refractivity contribution in [2.24, 2.45) is 10.9 Å². The molecule has 1 aromatic rings. The Morgan fingerprint density at radius 1 is 1.61 bits per heavy atom. The number of carbonyl (C=O) groups is 1. The van der Waals surface area contributed by atoms with Gasteiger partial charge in [0.25, 0.3) is 0 Å². The van der Waals surface area contributed by atoms with E-state index in [2.05, 4.69) is 20.4 Å². The molecule has 0 radical (unpaired) electrons. The van der Waals surface area contributed by atoms with E-state index in [1.165, 1.54) is 0 Å². The number of guanidine groups is 1. The zero-order valence-electron chi connectivity index (χ0n) is 13.9. The Morgan fingerprint density at radius 2 is 2.39 bits per heavy atom. The molecule has 1 fully saturated rings. The average Bonchev–Trinajstić information content (AvgIpc) is 2.94. The molecule has 2 heterocycles. The van der Waals surface area contributed by atoms with Gasteiger partial charge < -0.3 is 19.5 Å². The molecule has 7 nitrogen and oxygen atoms in total. The van der Waals surface area contributed by atoms with E-state index in [0.29, 0.717) is 19.7 Å². The minimum atomic E-state index is -0.117. The van der Waals surface area contributed by atoms with Crippen molar-refractivity contribution in [3.05, 3.63) is 17.5 Å². The van der Waals surface area contributed by atoms with Gasteiger partial charge >= 0.3 is 5.97 Å². The number of ether oxygens (including phenoxy) is 1. The molecule has 130 valence electrons. The quantitative estimate of drug-likeness (QED) is 0.337. The lowest BCUT2D eigenvalue weighted by atomic mass is 9.98. The van der Waals surface area contributed by atoms with Gasteiger partial charge in [-0.05, 0) is 26.7 Å². The second-order valence-corrected chi connectivity index (χ2v) is 5.37. The lowest BCUT2D eigenvalue weighted by molar-refractivity contribution is -0.149. The number of aryl methyl sites for hydroxylation is 1. The van der Waals surface area contributed by atoms with Crippen LogP contribution in [0, 0.1) is 12.8 Å². The van der Waals surface area contributed by atoms with E-state index in [0.717, 1.165) is 36.8 Å². The predicted octanol–water partition coefficient (Wildman–Crippen LogP) is 1.95. The molecule has 23 heavy (non-hydrogen) atoms. The van der Waals surface area contributed by atoms with Gasteiger partial charge in [0, 0.05) is 26.2 Å². The van der Waals surface area contributed by atoms with Crippen LogP contribution < -0.4 is 5.32 Å². The maximum atomic E-state index is 11.9. The first-order valence-corrected chi connectivity index (χ1v) is 7.68. The van der Waals surface area contributed by atoms with Crippen LogP contribution in [0.4, 0.5) is 0 Å². The summed E-state index contributed by atoms with van der Waals surface area (Å²) in [7, 11) is 1.74. The number of piperidine rings is 1. The number of esters is 1. The third-order valence-electron chi connectivity index (χ3n) is 3.65. The average molecular weight is 436 g/mol. The zero-order chi connectivity index (χ0) is 15.9. The molecule has 8 heteroatoms. The normalized spacial score (nSPS) is 18.3. The Morgan fingerprint density at radius 3 is 3.00 bits per heavy atom. The number of nitrogens with one attached hydrogen (secondary N) is 1. The second-order valence-electron chi connectivity index (χ2n) is 5.37. The van der Waals surface area contributed by atoms with E-state index in [1.807, 2.05) is 19.9 Å². The molecule has 1 aliphatic rings. The van der Waals surface area contributed by atoms with Crippen LogP contribution in [0.25, 0.3) is 0 Å². The van der Waals surface area contributed by atoms with Gasteiger partial charge in [-0.3, -0.25) is 9.79 Å². The highest BCUT2D eigenvalue weighted by molar-refractivity contribution is 14.0. The fourth-order valence-electron chi connectivity index (χ4n) is 2.62. The highest BCUT2D eigenvalue weighted by Gasteiger charge is 2.28. The van der Waals surface area contributed by atoms with Crippen LogP contribution in [-0.2, 0) is 16.1 Å². The lowest BCUT2D eigenvalue weighted by Gasteiger charge is -2.33. The molecular formula is C15H25IN4O3. The van der Waals surface area contributed by atoms with Gasteiger partial charge in [-0.1, -0.05) is 5.16 Å². The fourth-order valence-corrected chi connectivity index (χ4v) is 2.62. The summed E-state index contributed by atoms with van der Waals surface area (Å²) in [5.74, 6) is 1.33. The van der Waals surface area contributed by atoms with Crippen LogP contribution >= 0.6 is 24.0 Å². The van der Waals surface area contributed by atoms with Crippen LogP contribution in [0.3, 0.4) is 0 Å². The van der Waals surface area contributed by atoms with E-state index in [9.17, 15) is 4.79 Å². The number of likely N-dealkylation sites (tertiary alicyclic amines) is 1. The molecule has 1 aromatic heterocycles. The molecule has 0 aromatic carbocycles. The highest BCUT2D eigenvalue weighted by atomic mass is 127. The van der Waals surface area contributed by atoms with Gasteiger partial charge in [-0.15, -0.1) is 24.0 Å². The summed E-state index contributed by atoms with van der Waals surface area (Å²) >= 11 is 0. The van der Waals surface area contributed by atoms with Crippen LogP contribution in [0.2, 0.25) is 0 Å². The number of carbonyl (C=O) groups excluding carboxylic acids is 1. The third-order valence-corrected chi connectivity index (χ3v) is 3.65. The minimum Gasteiger partial charge on any atom is -0.466 e. The van der Waals surface area contributed by atoms with E-state index in [1.54, 1.807) is 7.05 Å². The molecule has 2 rings (SSSR count). The number of rotatable bonds is 4. The molecule has 1 saturated heterocycles. The number of halogens is 1. The summed E-state index contributed by atoms with van der Waals surface area (Å²) in [6.07, 6.45) is 1.82. The predicted molar refractivity (Wildman–Crippen MR) is 97.8 cm³/mol. The summed E-state index contributed by atoms with van der Waals surface area (Å²) in [6, 6.07) is 1.89. The first-order valence-electron chi connectivity index (χ1n) is 7.68. The Labute approximate surface area is 153 Å². The smallest absolute Gasteiger partial charge is 0.310 e. The van der Waals surface area contributed by atoms with Crippen molar-refractivity contribution >= 4 is 35.9 Å². The van der Waals surface area contributed by atoms with Crippen molar-refractivity contribution in [2.75, 3.05) is 26.7 Å². The van der Waals surface area contributed by atoms with E-state index < -0.39 is 0 Å². The molecule has 1 aliphatic heterocycles. The largest absolute Gasteiger partial charge is 0.466 e. The number of aromatic nitrogens is 1. The fraction of sp³-hybridized carbons (Fsp3) is 0.667. The standard InChI is InChI=1S/C15H24N4O3.HI/c1-4-21-14(20)12-6-5-7-19(10-12)15(16-3)17-9-13-8-11(2)18-22-13;/h8,12H,4-7,9-10H2,1-3H3,(H,16,17);1H/t12-;/m1./s1. The summed E-state index contributed by atoms with van der Waals surface area (Å²) in [5, 5.41) is 7.11.